The standard InChI is InChI=1S/C16H19NO3S/c1-13(14-6-4-3-5-7-14)12-17-21(18,19)16-10-8-15(20-2)9-11-16/h3-11,13,17H,12H2,1-2H3/t13-/m1/s1. The van der Waals surface area contributed by atoms with Crippen LogP contribution in [0, 0.1) is 0 Å². The molecule has 1 N–H and O–H groups in total. The molecule has 0 fully saturated rings. The maximum atomic E-state index is 12.2. The molecular weight excluding hydrogens is 286 g/mol. The number of benzene rings is 2. The van der Waals surface area contributed by atoms with E-state index in [4.69, 9.17) is 4.74 Å². The van der Waals surface area contributed by atoms with Crippen LogP contribution in [0.2, 0.25) is 0 Å². The van der Waals surface area contributed by atoms with Crippen LogP contribution in [0.3, 0.4) is 0 Å². The van der Waals surface area contributed by atoms with Crippen LogP contribution in [-0.2, 0) is 10.0 Å². The van der Waals surface area contributed by atoms with E-state index in [1.165, 1.54) is 12.1 Å². The zero-order chi connectivity index (χ0) is 15.3. The van der Waals surface area contributed by atoms with Crippen molar-refractivity contribution in [2.45, 2.75) is 17.7 Å². The number of hydrogen-bond donors (Lipinski definition) is 1. The molecular formula is C16H19NO3S. The first-order valence-electron chi connectivity index (χ1n) is 6.71. The molecule has 0 unspecified atom stereocenters. The molecule has 112 valence electrons. The minimum atomic E-state index is -3.49. The number of nitrogens with one attached hydrogen (secondary N) is 1. The van der Waals surface area contributed by atoms with E-state index in [1.54, 1.807) is 19.2 Å². The molecule has 0 aliphatic rings. The van der Waals surface area contributed by atoms with Crippen molar-refractivity contribution in [3.05, 3.63) is 60.2 Å². The fourth-order valence-corrected chi connectivity index (χ4v) is 3.10. The predicted octanol–water partition coefficient (Wildman–Crippen LogP) is 2.78. The molecule has 0 spiro atoms. The van der Waals surface area contributed by atoms with Crippen LogP contribution in [0.5, 0.6) is 5.75 Å². The average Bonchev–Trinajstić information content (AvgIpc) is 2.53. The third-order valence-electron chi connectivity index (χ3n) is 3.32. The van der Waals surface area contributed by atoms with Gasteiger partial charge in [0, 0.05) is 6.54 Å². The SMILES string of the molecule is COc1ccc(S(=O)(=O)NC[C@@H](C)c2ccccc2)cc1. The van der Waals surface area contributed by atoms with Crippen LogP contribution in [0.4, 0.5) is 0 Å². The molecule has 0 saturated carbocycles. The summed E-state index contributed by atoms with van der Waals surface area (Å²) in [5.41, 5.74) is 1.11. The van der Waals surface area contributed by atoms with Crippen LogP contribution in [0.1, 0.15) is 18.4 Å². The fraction of sp³-hybridized carbons (Fsp3) is 0.250. The molecule has 2 rings (SSSR count). The Labute approximate surface area is 125 Å². The van der Waals surface area contributed by atoms with Gasteiger partial charge in [0.1, 0.15) is 5.75 Å². The minimum absolute atomic E-state index is 0.110. The molecule has 5 heteroatoms. The van der Waals surface area contributed by atoms with Crippen LogP contribution in [0.25, 0.3) is 0 Å². The summed E-state index contributed by atoms with van der Waals surface area (Å²) < 4.78 is 32.1. The second-order valence-corrected chi connectivity index (χ2v) is 6.61. The average molecular weight is 305 g/mol. The van der Waals surface area contributed by atoms with Gasteiger partial charge in [0.15, 0.2) is 0 Å². The normalized spacial score (nSPS) is 12.9. The van der Waals surface area contributed by atoms with Crippen molar-refractivity contribution in [2.24, 2.45) is 0 Å². The number of rotatable bonds is 6. The highest BCUT2D eigenvalue weighted by atomic mass is 32.2. The van der Waals surface area contributed by atoms with Crippen molar-refractivity contribution in [2.75, 3.05) is 13.7 Å². The molecule has 0 bridgehead atoms. The molecule has 0 amide bonds. The molecule has 1 atom stereocenters. The molecule has 0 radical (unpaired) electrons. The van der Waals surface area contributed by atoms with Crippen LogP contribution >= 0.6 is 0 Å². The lowest BCUT2D eigenvalue weighted by Gasteiger charge is -2.13. The van der Waals surface area contributed by atoms with Gasteiger partial charge < -0.3 is 4.74 Å². The highest BCUT2D eigenvalue weighted by Gasteiger charge is 2.15. The third-order valence-corrected chi connectivity index (χ3v) is 4.76. The highest BCUT2D eigenvalue weighted by molar-refractivity contribution is 7.89. The molecule has 2 aromatic rings. The fourth-order valence-electron chi connectivity index (χ4n) is 1.97. The van der Waals surface area contributed by atoms with Crippen LogP contribution in [-0.4, -0.2) is 22.1 Å². The lowest BCUT2D eigenvalue weighted by atomic mass is 10.0. The monoisotopic (exact) mass is 305 g/mol. The van der Waals surface area contributed by atoms with Gasteiger partial charge in [0.05, 0.1) is 12.0 Å². The van der Waals surface area contributed by atoms with Crippen molar-refractivity contribution >= 4 is 10.0 Å². The van der Waals surface area contributed by atoms with Gasteiger partial charge in [-0.05, 0) is 35.7 Å². The van der Waals surface area contributed by atoms with E-state index in [-0.39, 0.29) is 10.8 Å². The zero-order valence-corrected chi connectivity index (χ0v) is 12.9. The van der Waals surface area contributed by atoms with Crippen molar-refractivity contribution < 1.29 is 13.2 Å². The van der Waals surface area contributed by atoms with Crippen molar-refractivity contribution in [3.63, 3.8) is 0 Å². The van der Waals surface area contributed by atoms with Crippen LogP contribution < -0.4 is 9.46 Å². The van der Waals surface area contributed by atoms with E-state index < -0.39 is 10.0 Å². The summed E-state index contributed by atoms with van der Waals surface area (Å²) in [6.07, 6.45) is 0. The second-order valence-electron chi connectivity index (χ2n) is 4.84. The van der Waals surface area contributed by atoms with E-state index in [2.05, 4.69) is 4.72 Å². The lowest BCUT2D eigenvalue weighted by Crippen LogP contribution is -2.27. The van der Waals surface area contributed by atoms with Gasteiger partial charge in [-0.2, -0.15) is 0 Å². The van der Waals surface area contributed by atoms with Gasteiger partial charge in [-0.25, -0.2) is 13.1 Å². The predicted molar refractivity (Wildman–Crippen MR) is 83.0 cm³/mol. The summed E-state index contributed by atoms with van der Waals surface area (Å²) >= 11 is 0. The quantitative estimate of drug-likeness (QED) is 0.893. The molecule has 21 heavy (non-hydrogen) atoms. The highest BCUT2D eigenvalue weighted by Crippen LogP contribution is 2.17. The summed E-state index contributed by atoms with van der Waals surface area (Å²) in [5, 5.41) is 0. The molecule has 0 heterocycles. The molecule has 0 aliphatic carbocycles. The number of hydrogen-bond acceptors (Lipinski definition) is 3. The first-order valence-corrected chi connectivity index (χ1v) is 8.20. The van der Waals surface area contributed by atoms with E-state index >= 15 is 0 Å². The number of methoxy groups -OCH3 is 1. The summed E-state index contributed by atoms with van der Waals surface area (Å²) in [5.74, 6) is 0.742. The van der Waals surface area contributed by atoms with Crippen molar-refractivity contribution in [1.82, 2.24) is 4.72 Å². The Kier molecular flexibility index (Phi) is 4.98. The second kappa shape index (κ2) is 6.74. The number of ether oxygens (including phenoxy) is 1. The van der Waals surface area contributed by atoms with Gasteiger partial charge in [-0.15, -0.1) is 0 Å². The maximum absolute atomic E-state index is 12.2. The number of sulfonamides is 1. The summed E-state index contributed by atoms with van der Waals surface area (Å²) in [7, 11) is -1.95. The van der Waals surface area contributed by atoms with Gasteiger partial charge in [-0.1, -0.05) is 37.3 Å². The van der Waals surface area contributed by atoms with Gasteiger partial charge in [-0.3, -0.25) is 0 Å². The molecule has 0 aromatic heterocycles. The lowest BCUT2D eigenvalue weighted by molar-refractivity contribution is 0.414. The smallest absolute Gasteiger partial charge is 0.240 e. The van der Waals surface area contributed by atoms with E-state index in [0.29, 0.717) is 12.3 Å². The Morgan fingerprint density at radius 1 is 1.05 bits per heavy atom. The molecule has 4 nitrogen and oxygen atoms in total. The van der Waals surface area contributed by atoms with Gasteiger partial charge in [0.2, 0.25) is 10.0 Å². The van der Waals surface area contributed by atoms with E-state index in [0.717, 1.165) is 5.56 Å². The Balaban J connectivity index is 2.04. The summed E-state index contributed by atoms with van der Waals surface area (Å²) in [6, 6.07) is 16.2. The molecule has 0 aliphatic heterocycles. The third kappa shape index (κ3) is 4.06. The molecule has 2 aromatic carbocycles. The molecule has 0 saturated heterocycles. The largest absolute Gasteiger partial charge is 0.497 e. The van der Waals surface area contributed by atoms with Crippen molar-refractivity contribution in [3.8, 4) is 5.75 Å². The van der Waals surface area contributed by atoms with Crippen molar-refractivity contribution in [1.29, 1.82) is 0 Å². The summed E-state index contributed by atoms with van der Waals surface area (Å²) in [6.45, 7) is 2.35. The first-order chi connectivity index (χ1) is 10.0. The zero-order valence-electron chi connectivity index (χ0n) is 12.1. The van der Waals surface area contributed by atoms with Gasteiger partial charge >= 0.3 is 0 Å². The Hall–Kier alpha value is -1.85. The Morgan fingerprint density at radius 2 is 1.67 bits per heavy atom. The van der Waals surface area contributed by atoms with Crippen LogP contribution in [0.15, 0.2) is 59.5 Å². The van der Waals surface area contributed by atoms with E-state index in [9.17, 15) is 8.42 Å². The Morgan fingerprint density at radius 3 is 2.24 bits per heavy atom. The maximum Gasteiger partial charge on any atom is 0.240 e. The van der Waals surface area contributed by atoms with Gasteiger partial charge in [0.25, 0.3) is 0 Å². The topological polar surface area (TPSA) is 55.4 Å². The Bertz CT molecular complexity index is 666. The first kappa shape index (κ1) is 15.5. The minimum Gasteiger partial charge on any atom is -0.497 e. The van der Waals surface area contributed by atoms with E-state index in [1.807, 2.05) is 37.3 Å². The summed E-state index contributed by atoms with van der Waals surface area (Å²) in [4.78, 5) is 0.239.